The molecule has 584 valence electrons. The van der Waals surface area contributed by atoms with Crippen LogP contribution in [0.2, 0.25) is 0 Å². The van der Waals surface area contributed by atoms with Crippen LogP contribution in [0.1, 0.15) is 247 Å². The number of aliphatic hydroxyl groups is 4. The summed E-state index contributed by atoms with van der Waals surface area (Å²) in [5.74, 6) is 6.68. The maximum absolute atomic E-state index is 13.4. The minimum absolute atomic E-state index is 0.0216. The Morgan fingerprint density at radius 3 is 0.894 bits per heavy atom. The van der Waals surface area contributed by atoms with Crippen LogP contribution in [-0.4, -0.2) is 81.3 Å². The number of benzene rings is 4. The SMILES string of the molecule is CC(C)[C@@H]1CC[C@@H](C)C[C@H]1C(=O)Cl.CC(C)[C@@H]1CC[C@@H](C)C[C@H]1C(=O)OC[C@@H](O)c1ccccc1.CC(C)[C@@H]1CC[C@@H](C)C[C@H]1C(=O)OC[C@@H](OC(=O)[C@@H]1C[C@H](C)CC[C@H]1C(C)C)c1ccccc1.CC(C)[C@@H]1CC[C@@H](C)C[C@H]1C(=O)O[C@H](CO)c1ccccc1.ClCCl.OC[C@@H](O)c1ccccc1. The minimum atomic E-state index is -0.747. The van der Waals surface area contributed by atoms with Crippen molar-refractivity contribution in [3.63, 3.8) is 0 Å². The van der Waals surface area contributed by atoms with Crippen LogP contribution < -0.4 is 0 Å². The van der Waals surface area contributed by atoms with Crippen LogP contribution in [0.5, 0.6) is 0 Å². The van der Waals surface area contributed by atoms with E-state index in [4.69, 9.17) is 64.0 Å². The molecular formula is C88H133Cl3O13. The second-order valence-corrected chi connectivity index (χ2v) is 33.9. The van der Waals surface area contributed by atoms with E-state index in [2.05, 4.69) is 104 Å². The van der Waals surface area contributed by atoms with E-state index in [-0.39, 0.29) is 90.5 Å². The van der Waals surface area contributed by atoms with Gasteiger partial charge in [0.25, 0.3) is 0 Å². The lowest BCUT2D eigenvalue weighted by molar-refractivity contribution is -0.170. The number of ether oxygens (including phenoxy) is 4. The van der Waals surface area contributed by atoms with Gasteiger partial charge in [0.1, 0.15) is 31.5 Å². The molecule has 0 unspecified atom stereocenters. The van der Waals surface area contributed by atoms with Crippen LogP contribution in [0.3, 0.4) is 0 Å². The number of carbonyl (C=O) groups is 5. The summed E-state index contributed by atoms with van der Waals surface area (Å²) in [6.07, 6.45) is 13.4. The lowest BCUT2D eigenvalue weighted by atomic mass is 9.70. The van der Waals surface area contributed by atoms with Gasteiger partial charge in [0.15, 0.2) is 6.10 Å². The van der Waals surface area contributed by atoms with Gasteiger partial charge in [-0.25, -0.2) is 0 Å². The van der Waals surface area contributed by atoms with E-state index in [1.165, 1.54) is 38.5 Å². The highest BCUT2D eigenvalue weighted by Crippen LogP contribution is 2.44. The molecule has 0 saturated heterocycles. The number of alkyl halides is 2. The Labute approximate surface area is 641 Å². The summed E-state index contributed by atoms with van der Waals surface area (Å²) in [7, 11) is 0. The predicted octanol–water partition coefficient (Wildman–Crippen LogP) is 20.8. The summed E-state index contributed by atoms with van der Waals surface area (Å²) >= 11 is 15.1. The molecule has 0 spiro atoms. The maximum atomic E-state index is 13.4. The molecule has 5 aliphatic rings. The Morgan fingerprint density at radius 1 is 0.356 bits per heavy atom. The predicted molar refractivity (Wildman–Crippen MR) is 421 cm³/mol. The highest BCUT2D eigenvalue weighted by molar-refractivity contribution is 6.64. The molecule has 0 amide bonds. The lowest BCUT2D eigenvalue weighted by Crippen LogP contribution is -2.37. The molecule has 4 N–H and O–H groups in total. The molecule has 16 heteroatoms. The summed E-state index contributed by atoms with van der Waals surface area (Å²) in [5.41, 5.74) is 3.27. The monoisotopic (exact) mass is 1500 g/mol. The first-order chi connectivity index (χ1) is 49.5. The Kier molecular flexibility index (Phi) is 42.7. The molecule has 4 aromatic rings. The van der Waals surface area contributed by atoms with Crippen molar-refractivity contribution in [3.8, 4) is 0 Å². The number of rotatable bonds is 22. The van der Waals surface area contributed by atoms with Crippen molar-refractivity contribution in [1.29, 1.82) is 0 Å². The first kappa shape index (κ1) is 91.5. The van der Waals surface area contributed by atoms with E-state index in [0.29, 0.717) is 88.8 Å². The molecule has 0 heterocycles. The van der Waals surface area contributed by atoms with Crippen LogP contribution in [0.25, 0.3) is 0 Å². The summed E-state index contributed by atoms with van der Waals surface area (Å²) < 4.78 is 23.1. The number of halogens is 3. The topological polar surface area (TPSA) is 203 Å². The van der Waals surface area contributed by atoms with Gasteiger partial charge in [-0.3, -0.25) is 24.0 Å². The number of hydrogen-bond acceptors (Lipinski definition) is 13. The third kappa shape index (κ3) is 31.0. The highest BCUT2D eigenvalue weighted by Gasteiger charge is 2.42. The summed E-state index contributed by atoms with van der Waals surface area (Å²) in [4.78, 5) is 63.0. The normalized spacial score (nSPS) is 27.1. The molecule has 0 aromatic heterocycles. The fourth-order valence-electron chi connectivity index (χ4n) is 16.6. The molecule has 19 atom stereocenters. The van der Waals surface area contributed by atoms with Crippen LogP contribution in [0.4, 0.5) is 0 Å². The average molecular weight is 1510 g/mol. The Balaban J connectivity index is 0.000000288. The molecule has 5 aliphatic carbocycles. The first-order valence-corrected chi connectivity index (χ1v) is 40.7. The third-order valence-corrected chi connectivity index (χ3v) is 23.2. The minimum Gasteiger partial charge on any atom is -0.462 e. The standard InChI is InChI=1S/C30H46O4.2C19H28O3.C11H19ClO.C8H10O2.CH2Cl2/c1-19(2)24-14-12-21(5)16-26(24)29(31)33-18-28(23-10-8-7-9-11-23)34-30(32)27-17-22(6)13-15-25(27)20(3)4;1-13(2)16-10-9-14(3)11-17(16)19(21)22-12-18(20)15-7-5-4-6-8-15;1-13(2)16-10-9-14(3)11-17(16)19(21)22-18(12-20)15-7-5-4-6-8-15;1-7(2)9-5-4-8(3)6-10(9)11(12)13;9-6-8(10)7-4-2-1-3-5-7;2-1-3/h7-11,19-22,24-28H,12-18H2,1-6H3;2*4-8,13-14,16-18,20H,9-12H2,1-3H3;7-10H,4-6H2,1-3H3;1-5,8-10H,6H2;1H2/t21-,22-,24+,25+,26-,27-,28-;2*14-,16+,17-,18-;8-,9+,10-;8-;/m11111./s1. The second kappa shape index (κ2) is 48.5. The summed E-state index contributed by atoms with van der Waals surface area (Å²) in [5, 5.41) is 37.4. The Hall–Kier alpha value is -4.86. The molecule has 13 nitrogen and oxygen atoms in total. The van der Waals surface area contributed by atoms with Crippen molar-refractivity contribution < 1.29 is 63.3 Å². The fourth-order valence-corrected chi connectivity index (χ4v) is 16.9. The zero-order chi connectivity index (χ0) is 77.2. The van der Waals surface area contributed by atoms with Crippen molar-refractivity contribution in [2.75, 3.05) is 31.8 Å². The van der Waals surface area contributed by atoms with Crippen molar-refractivity contribution >= 4 is 63.9 Å². The number of aliphatic hydroxyl groups excluding tert-OH is 4. The fraction of sp³-hybridized carbons (Fsp3) is 0.670. The number of carbonyl (C=O) groups excluding carboxylic acids is 5. The first-order valence-electron chi connectivity index (χ1n) is 39.3. The summed E-state index contributed by atoms with van der Waals surface area (Å²) in [6.45, 7) is 32.7. The molecule has 9 rings (SSSR count). The van der Waals surface area contributed by atoms with E-state index in [1.807, 2.05) is 109 Å². The van der Waals surface area contributed by atoms with Crippen molar-refractivity contribution in [1.82, 2.24) is 0 Å². The average Bonchev–Trinajstić information content (AvgIpc) is 0.825. The Morgan fingerprint density at radius 2 is 0.606 bits per heavy atom. The third-order valence-electron chi connectivity index (χ3n) is 22.9. The number of hydrogen-bond donors (Lipinski definition) is 4. The van der Waals surface area contributed by atoms with Gasteiger partial charge >= 0.3 is 23.9 Å². The zero-order valence-corrected chi connectivity index (χ0v) is 67.9. The van der Waals surface area contributed by atoms with Gasteiger partial charge in [0.2, 0.25) is 5.24 Å². The Bertz CT molecular complexity index is 3010. The lowest BCUT2D eigenvalue weighted by Gasteiger charge is -2.37. The molecule has 5 saturated carbocycles. The van der Waals surface area contributed by atoms with Crippen LogP contribution >= 0.6 is 34.8 Å². The zero-order valence-electron chi connectivity index (χ0n) is 65.6. The van der Waals surface area contributed by atoms with E-state index in [1.54, 1.807) is 12.1 Å². The van der Waals surface area contributed by atoms with Crippen LogP contribution in [-0.2, 0) is 42.9 Å². The van der Waals surface area contributed by atoms with Gasteiger partial charge in [-0.15, -0.1) is 23.2 Å². The van der Waals surface area contributed by atoms with E-state index < -0.39 is 24.4 Å². The second-order valence-electron chi connectivity index (χ2n) is 32.7. The number of esters is 4. The largest absolute Gasteiger partial charge is 0.462 e. The van der Waals surface area contributed by atoms with Crippen molar-refractivity contribution in [2.45, 2.75) is 225 Å². The maximum Gasteiger partial charge on any atom is 0.309 e. The van der Waals surface area contributed by atoms with Gasteiger partial charge in [0.05, 0.1) is 42.2 Å². The quantitative estimate of drug-likeness (QED) is 0.0251. The van der Waals surface area contributed by atoms with E-state index in [0.717, 1.165) is 80.0 Å². The van der Waals surface area contributed by atoms with Gasteiger partial charge in [-0.2, -0.15) is 0 Å². The molecule has 5 fully saturated rings. The smallest absolute Gasteiger partial charge is 0.309 e. The van der Waals surface area contributed by atoms with Gasteiger partial charge in [-0.1, -0.05) is 257 Å². The van der Waals surface area contributed by atoms with Crippen LogP contribution in [0.15, 0.2) is 121 Å². The molecule has 104 heavy (non-hydrogen) atoms. The highest BCUT2D eigenvalue weighted by atomic mass is 35.5. The molecule has 0 radical (unpaired) electrons. The van der Waals surface area contributed by atoms with E-state index in [9.17, 15) is 34.2 Å². The summed E-state index contributed by atoms with van der Waals surface area (Å²) in [6, 6.07) is 37.6. The molecule has 4 aromatic carbocycles. The molecular weight excluding hydrogens is 1370 g/mol. The van der Waals surface area contributed by atoms with Gasteiger partial charge in [-0.05, 0) is 187 Å². The van der Waals surface area contributed by atoms with Crippen molar-refractivity contribution in [2.24, 2.45) is 118 Å². The molecule has 0 aliphatic heterocycles. The van der Waals surface area contributed by atoms with Gasteiger partial charge in [0, 0.05) is 5.92 Å². The van der Waals surface area contributed by atoms with Gasteiger partial charge < -0.3 is 39.4 Å². The van der Waals surface area contributed by atoms with Crippen molar-refractivity contribution in [3.05, 3.63) is 144 Å². The van der Waals surface area contributed by atoms with E-state index >= 15 is 0 Å². The molecule has 0 bridgehead atoms. The van der Waals surface area contributed by atoms with Crippen LogP contribution in [0, 0.1) is 118 Å².